The Morgan fingerprint density at radius 3 is 2.53 bits per heavy atom. The Morgan fingerprint density at radius 1 is 1.40 bits per heavy atom. The van der Waals surface area contributed by atoms with Gasteiger partial charge in [-0.1, -0.05) is 0 Å². The van der Waals surface area contributed by atoms with Crippen LogP contribution in [0.15, 0.2) is 24.3 Å². The average molecular weight is 212 g/mol. The molecular formula is C11H13FO3. The molecule has 82 valence electrons. The van der Waals surface area contributed by atoms with Crippen molar-refractivity contribution in [3.63, 3.8) is 0 Å². The van der Waals surface area contributed by atoms with E-state index in [9.17, 15) is 9.18 Å². The minimum atomic E-state index is -0.685. The first-order valence-corrected chi connectivity index (χ1v) is 4.72. The largest absolute Gasteiger partial charge is 0.479 e. The van der Waals surface area contributed by atoms with Gasteiger partial charge in [-0.3, -0.25) is 0 Å². The Kier molecular flexibility index (Phi) is 4.09. The Hall–Kier alpha value is -1.58. The third kappa shape index (κ3) is 3.58. The summed E-state index contributed by atoms with van der Waals surface area (Å²) in [6.45, 7) is 3.62. The normalized spacial score (nSPS) is 11.9. The number of esters is 1. The molecule has 0 unspecified atom stereocenters. The van der Waals surface area contributed by atoms with Gasteiger partial charge in [0.05, 0.1) is 6.61 Å². The molecule has 0 amide bonds. The maximum atomic E-state index is 12.6. The molecule has 1 aromatic carbocycles. The molecule has 1 rings (SSSR count). The summed E-state index contributed by atoms with van der Waals surface area (Å²) in [5.74, 6) is -0.329. The van der Waals surface area contributed by atoms with Gasteiger partial charge in [-0.25, -0.2) is 9.18 Å². The monoisotopic (exact) mass is 212 g/mol. The van der Waals surface area contributed by atoms with Crippen LogP contribution in [0.2, 0.25) is 0 Å². The molecule has 1 aromatic rings. The van der Waals surface area contributed by atoms with Gasteiger partial charge >= 0.3 is 5.97 Å². The first-order chi connectivity index (χ1) is 7.13. The second-order valence-electron chi connectivity index (χ2n) is 2.97. The van der Waals surface area contributed by atoms with Gasteiger partial charge in [0, 0.05) is 0 Å². The quantitative estimate of drug-likeness (QED) is 0.717. The first-order valence-electron chi connectivity index (χ1n) is 4.72. The van der Waals surface area contributed by atoms with Crippen LogP contribution in [0, 0.1) is 5.82 Å². The van der Waals surface area contributed by atoms with Gasteiger partial charge in [0.1, 0.15) is 11.6 Å². The molecule has 0 fully saturated rings. The van der Waals surface area contributed by atoms with Crippen molar-refractivity contribution in [3.05, 3.63) is 30.1 Å². The van der Waals surface area contributed by atoms with E-state index in [2.05, 4.69) is 0 Å². The van der Waals surface area contributed by atoms with E-state index in [1.807, 2.05) is 0 Å². The minimum Gasteiger partial charge on any atom is -0.479 e. The zero-order valence-electron chi connectivity index (χ0n) is 8.70. The van der Waals surface area contributed by atoms with Crippen LogP contribution in [0.5, 0.6) is 5.75 Å². The summed E-state index contributed by atoms with van der Waals surface area (Å²) < 4.78 is 22.6. The highest BCUT2D eigenvalue weighted by Gasteiger charge is 2.15. The van der Waals surface area contributed by atoms with E-state index in [1.54, 1.807) is 13.8 Å². The summed E-state index contributed by atoms with van der Waals surface area (Å²) in [7, 11) is 0. The number of halogens is 1. The molecule has 0 radical (unpaired) electrons. The smallest absolute Gasteiger partial charge is 0.347 e. The lowest BCUT2D eigenvalue weighted by atomic mass is 10.3. The number of benzene rings is 1. The second-order valence-corrected chi connectivity index (χ2v) is 2.97. The number of hydrogen-bond acceptors (Lipinski definition) is 3. The first kappa shape index (κ1) is 11.5. The van der Waals surface area contributed by atoms with E-state index in [-0.39, 0.29) is 5.82 Å². The second kappa shape index (κ2) is 5.34. The van der Waals surface area contributed by atoms with Crippen LogP contribution in [0.4, 0.5) is 4.39 Å². The molecule has 4 heteroatoms. The van der Waals surface area contributed by atoms with Gasteiger partial charge in [-0.15, -0.1) is 0 Å². The van der Waals surface area contributed by atoms with Gasteiger partial charge in [0.25, 0.3) is 0 Å². The SMILES string of the molecule is CCOC(=O)[C@H](C)Oc1ccc(F)cc1. The minimum absolute atomic E-state index is 0.315. The number of carbonyl (C=O) groups is 1. The van der Waals surface area contributed by atoms with Crippen molar-refractivity contribution >= 4 is 5.97 Å². The van der Waals surface area contributed by atoms with E-state index >= 15 is 0 Å². The molecule has 3 nitrogen and oxygen atoms in total. The third-order valence-electron chi connectivity index (χ3n) is 1.75. The Labute approximate surface area is 87.8 Å². The van der Waals surface area contributed by atoms with E-state index in [1.165, 1.54) is 24.3 Å². The van der Waals surface area contributed by atoms with Crippen LogP contribution >= 0.6 is 0 Å². The van der Waals surface area contributed by atoms with Gasteiger partial charge < -0.3 is 9.47 Å². The zero-order valence-corrected chi connectivity index (χ0v) is 8.70. The van der Waals surface area contributed by atoms with Crippen molar-refractivity contribution in [3.8, 4) is 5.75 Å². The van der Waals surface area contributed by atoms with Crippen molar-refractivity contribution in [2.75, 3.05) is 6.61 Å². The fourth-order valence-corrected chi connectivity index (χ4v) is 1.03. The topological polar surface area (TPSA) is 35.5 Å². The van der Waals surface area contributed by atoms with Crippen LogP contribution in [0.25, 0.3) is 0 Å². The fraction of sp³-hybridized carbons (Fsp3) is 0.364. The summed E-state index contributed by atoms with van der Waals surface area (Å²) >= 11 is 0. The Morgan fingerprint density at radius 2 is 2.00 bits per heavy atom. The van der Waals surface area contributed by atoms with Gasteiger partial charge in [-0.05, 0) is 38.1 Å². The highest BCUT2D eigenvalue weighted by atomic mass is 19.1. The summed E-state index contributed by atoms with van der Waals surface area (Å²) in [6.07, 6.45) is -0.685. The molecular weight excluding hydrogens is 199 g/mol. The summed E-state index contributed by atoms with van der Waals surface area (Å²) in [5, 5.41) is 0. The van der Waals surface area contributed by atoms with E-state index in [4.69, 9.17) is 9.47 Å². The van der Waals surface area contributed by atoms with Gasteiger partial charge in [-0.2, -0.15) is 0 Å². The van der Waals surface area contributed by atoms with Crippen molar-refractivity contribution in [1.29, 1.82) is 0 Å². The Bertz CT molecular complexity index is 321. The third-order valence-corrected chi connectivity index (χ3v) is 1.75. The molecule has 0 saturated carbocycles. The Balaban J connectivity index is 2.54. The number of rotatable bonds is 4. The number of ether oxygens (including phenoxy) is 2. The van der Waals surface area contributed by atoms with Gasteiger partial charge in [0.2, 0.25) is 0 Å². The van der Waals surface area contributed by atoms with Gasteiger partial charge in [0.15, 0.2) is 6.10 Å². The molecule has 0 aromatic heterocycles. The lowest BCUT2D eigenvalue weighted by Crippen LogP contribution is -2.26. The van der Waals surface area contributed by atoms with Crippen molar-refractivity contribution in [2.45, 2.75) is 20.0 Å². The number of hydrogen-bond donors (Lipinski definition) is 0. The predicted molar refractivity (Wildman–Crippen MR) is 53.1 cm³/mol. The molecule has 0 aliphatic rings. The molecule has 1 atom stereocenters. The highest BCUT2D eigenvalue weighted by molar-refractivity contribution is 5.74. The zero-order chi connectivity index (χ0) is 11.3. The van der Waals surface area contributed by atoms with Crippen LogP contribution in [-0.2, 0) is 9.53 Å². The standard InChI is InChI=1S/C11H13FO3/c1-3-14-11(13)8(2)15-10-6-4-9(12)5-7-10/h4-8H,3H2,1-2H3/t8-/m0/s1. The summed E-state index contributed by atoms with van der Waals surface area (Å²) in [4.78, 5) is 11.2. The van der Waals surface area contributed by atoms with Crippen molar-refractivity contribution < 1.29 is 18.7 Å². The molecule has 0 heterocycles. The molecule has 0 N–H and O–H groups in total. The van der Waals surface area contributed by atoms with Crippen molar-refractivity contribution in [2.24, 2.45) is 0 Å². The average Bonchev–Trinajstić information content (AvgIpc) is 2.22. The lowest BCUT2D eigenvalue weighted by Gasteiger charge is -2.12. The van der Waals surface area contributed by atoms with Crippen LogP contribution in [0.1, 0.15) is 13.8 Å². The lowest BCUT2D eigenvalue weighted by molar-refractivity contribution is -0.150. The number of carbonyl (C=O) groups excluding carboxylic acids is 1. The molecule has 0 bridgehead atoms. The highest BCUT2D eigenvalue weighted by Crippen LogP contribution is 2.13. The van der Waals surface area contributed by atoms with E-state index in [0.717, 1.165) is 0 Å². The molecule has 0 aliphatic heterocycles. The van der Waals surface area contributed by atoms with Crippen LogP contribution < -0.4 is 4.74 Å². The summed E-state index contributed by atoms with van der Waals surface area (Å²) in [5.41, 5.74) is 0. The molecule has 0 spiro atoms. The molecule has 0 saturated heterocycles. The fourth-order valence-electron chi connectivity index (χ4n) is 1.03. The maximum absolute atomic E-state index is 12.6. The maximum Gasteiger partial charge on any atom is 0.347 e. The van der Waals surface area contributed by atoms with E-state index in [0.29, 0.717) is 12.4 Å². The predicted octanol–water partition coefficient (Wildman–Crippen LogP) is 2.16. The molecule has 15 heavy (non-hydrogen) atoms. The van der Waals surface area contributed by atoms with E-state index < -0.39 is 12.1 Å². The van der Waals surface area contributed by atoms with Crippen LogP contribution in [0.3, 0.4) is 0 Å². The van der Waals surface area contributed by atoms with Crippen molar-refractivity contribution in [1.82, 2.24) is 0 Å². The summed E-state index contributed by atoms with van der Waals surface area (Å²) in [6, 6.07) is 5.47. The molecule has 0 aliphatic carbocycles. The van der Waals surface area contributed by atoms with Crippen LogP contribution in [-0.4, -0.2) is 18.7 Å².